The highest BCUT2D eigenvalue weighted by Crippen LogP contribution is 2.29. The SMILES string of the molecule is COc1cccc(CN2CCc3nc(-c4ccncc4)[nH]c(=O)c3C2)c1Cl. The van der Waals surface area contributed by atoms with E-state index in [4.69, 9.17) is 16.3 Å². The molecule has 0 aliphatic carbocycles. The monoisotopic (exact) mass is 382 g/mol. The van der Waals surface area contributed by atoms with Crippen molar-refractivity contribution in [1.82, 2.24) is 19.9 Å². The quantitative estimate of drug-likeness (QED) is 0.750. The first-order valence-corrected chi connectivity index (χ1v) is 9.09. The first kappa shape index (κ1) is 17.7. The fourth-order valence-electron chi connectivity index (χ4n) is 3.34. The fourth-order valence-corrected chi connectivity index (χ4v) is 3.60. The Morgan fingerprint density at radius 2 is 2.07 bits per heavy atom. The van der Waals surface area contributed by atoms with Crippen LogP contribution in [0.3, 0.4) is 0 Å². The van der Waals surface area contributed by atoms with Gasteiger partial charge in [0.2, 0.25) is 0 Å². The van der Waals surface area contributed by atoms with E-state index < -0.39 is 0 Å². The second-order valence-corrected chi connectivity index (χ2v) is 6.85. The number of benzene rings is 1. The van der Waals surface area contributed by atoms with Gasteiger partial charge in [0.15, 0.2) is 0 Å². The van der Waals surface area contributed by atoms with Gasteiger partial charge in [-0.05, 0) is 23.8 Å². The summed E-state index contributed by atoms with van der Waals surface area (Å²) in [5, 5.41) is 0.617. The third-order valence-electron chi connectivity index (χ3n) is 4.76. The molecule has 4 rings (SSSR count). The van der Waals surface area contributed by atoms with Crippen molar-refractivity contribution in [2.45, 2.75) is 19.5 Å². The van der Waals surface area contributed by atoms with Gasteiger partial charge in [-0.3, -0.25) is 14.7 Å². The minimum atomic E-state index is -0.0896. The predicted octanol–water partition coefficient (Wildman–Crippen LogP) is 3.05. The average molecular weight is 383 g/mol. The smallest absolute Gasteiger partial charge is 0.255 e. The molecule has 0 unspecified atom stereocenters. The molecule has 1 aromatic carbocycles. The summed E-state index contributed by atoms with van der Waals surface area (Å²) in [6.07, 6.45) is 4.10. The summed E-state index contributed by atoms with van der Waals surface area (Å²) < 4.78 is 5.29. The Kier molecular flexibility index (Phi) is 4.92. The maximum Gasteiger partial charge on any atom is 0.255 e. The number of pyridine rings is 1. The highest BCUT2D eigenvalue weighted by Gasteiger charge is 2.22. The third-order valence-corrected chi connectivity index (χ3v) is 5.19. The van der Waals surface area contributed by atoms with Gasteiger partial charge in [-0.25, -0.2) is 4.98 Å². The minimum Gasteiger partial charge on any atom is -0.495 e. The second-order valence-electron chi connectivity index (χ2n) is 6.47. The van der Waals surface area contributed by atoms with Gasteiger partial charge in [0, 0.05) is 44.0 Å². The Labute approximate surface area is 161 Å². The Balaban J connectivity index is 1.58. The van der Waals surface area contributed by atoms with Gasteiger partial charge in [-0.2, -0.15) is 0 Å². The van der Waals surface area contributed by atoms with Crippen molar-refractivity contribution in [3.63, 3.8) is 0 Å². The van der Waals surface area contributed by atoms with Crippen molar-refractivity contribution in [2.24, 2.45) is 0 Å². The number of hydrogen-bond acceptors (Lipinski definition) is 5. The molecule has 7 heteroatoms. The molecule has 0 spiro atoms. The van der Waals surface area contributed by atoms with Gasteiger partial charge >= 0.3 is 0 Å². The zero-order valence-electron chi connectivity index (χ0n) is 14.9. The van der Waals surface area contributed by atoms with Gasteiger partial charge in [-0.1, -0.05) is 23.7 Å². The Morgan fingerprint density at radius 3 is 2.85 bits per heavy atom. The third kappa shape index (κ3) is 3.59. The largest absolute Gasteiger partial charge is 0.495 e. The molecule has 0 amide bonds. The molecule has 0 saturated carbocycles. The predicted molar refractivity (Wildman–Crippen MR) is 104 cm³/mol. The number of aromatic nitrogens is 3. The highest BCUT2D eigenvalue weighted by molar-refractivity contribution is 6.32. The number of fused-ring (bicyclic) bond motifs is 1. The molecule has 1 aliphatic rings. The molecule has 0 saturated heterocycles. The van der Waals surface area contributed by atoms with E-state index in [2.05, 4.69) is 19.9 Å². The van der Waals surface area contributed by atoms with Crippen LogP contribution in [0.2, 0.25) is 5.02 Å². The van der Waals surface area contributed by atoms with Gasteiger partial charge in [0.1, 0.15) is 11.6 Å². The minimum absolute atomic E-state index is 0.0896. The summed E-state index contributed by atoms with van der Waals surface area (Å²) in [6.45, 7) is 2.01. The first-order chi connectivity index (χ1) is 13.2. The number of H-pyrrole nitrogens is 1. The van der Waals surface area contributed by atoms with E-state index in [9.17, 15) is 4.79 Å². The topological polar surface area (TPSA) is 71.1 Å². The first-order valence-electron chi connectivity index (χ1n) is 8.72. The van der Waals surface area contributed by atoms with Crippen LogP contribution in [0.15, 0.2) is 47.5 Å². The molecule has 0 atom stereocenters. The van der Waals surface area contributed by atoms with Crippen molar-refractivity contribution in [1.29, 1.82) is 0 Å². The summed E-state index contributed by atoms with van der Waals surface area (Å²) in [5.41, 5.74) is 3.33. The van der Waals surface area contributed by atoms with Crippen LogP contribution in [0.25, 0.3) is 11.4 Å². The van der Waals surface area contributed by atoms with Crippen molar-refractivity contribution in [3.05, 3.63) is 74.9 Å². The van der Waals surface area contributed by atoms with Crippen LogP contribution in [0.4, 0.5) is 0 Å². The van der Waals surface area contributed by atoms with E-state index in [1.54, 1.807) is 19.5 Å². The molecule has 0 radical (unpaired) electrons. The van der Waals surface area contributed by atoms with Crippen molar-refractivity contribution in [3.8, 4) is 17.1 Å². The summed E-state index contributed by atoms with van der Waals surface area (Å²) in [6, 6.07) is 9.42. The second kappa shape index (κ2) is 7.50. The number of nitrogens with one attached hydrogen (secondary N) is 1. The number of methoxy groups -OCH3 is 1. The lowest BCUT2D eigenvalue weighted by Gasteiger charge is -2.28. The van der Waals surface area contributed by atoms with Crippen LogP contribution >= 0.6 is 11.6 Å². The van der Waals surface area contributed by atoms with Crippen LogP contribution in [0.1, 0.15) is 16.8 Å². The van der Waals surface area contributed by atoms with E-state index in [-0.39, 0.29) is 5.56 Å². The van der Waals surface area contributed by atoms with Crippen molar-refractivity contribution >= 4 is 11.6 Å². The summed E-state index contributed by atoms with van der Waals surface area (Å²) in [5.74, 6) is 1.25. The Bertz CT molecular complexity index is 1020. The van der Waals surface area contributed by atoms with Gasteiger partial charge in [0.25, 0.3) is 5.56 Å². The summed E-state index contributed by atoms with van der Waals surface area (Å²) >= 11 is 6.41. The molecule has 0 fully saturated rings. The van der Waals surface area contributed by atoms with Crippen LogP contribution in [0.5, 0.6) is 5.75 Å². The fraction of sp³-hybridized carbons (Fsp3) is 0.250. The molecule has 2 aromatic heterocycles. The van der Waals surface area contributed by atoms with Gasteiger partial charge in [0.05, 0.1) is 23.4 Å². The molecular weight excluding hydrogens is 364 g/mol. The molecule has 27 heavy (non-hydrogen) atoms. The number of nitrogens with zero attached hydrogens (tertiary/aromatic N) is 3. The van der Waals surface area contributed by atoms with E-state index in [0.29, 0.717) is 29.7 Å². The van der Waals surface area contributed by atoms with Crippen LogP contribution < -0.4 is 10.3 Å². The normalized spacial score (nSPS) is 14.0. The maximum absolute atomic E-state index is 12.6. The maximum atomic E-state index is 12.6. The van der Waals surface area contributed by atoms with Gasteiger partial charge < -0.3 is 9.72 Å². The van der Waals surface area contributed by atoms with Crippen molar-refractivity contribution in [2.75, 3.05) is 13.7 Å². The molecule has 138 valence electrons. The standard InChI is InChI=1S/C20H19ClN4O2/c1-27-17-4-2-3-14(18(17)21)11-25-10-7-16-15(12-25)20(26)24-19(23-16)13-5-8-22-9-6-13/h2-6,8-9H,7,10-12H2,1H3,(H,23,24,26). The molecule has 1 aliphatic heterocycles. The molecule has 0 bridgehead atoms. The number of ether oxygens (including phenoxy) is 1. The Hall–Kier alpha value is -2.70. The average Bonchev–Trinajstić information content (AvgIpc) is 2.70. The van der Waals surface area contributed by atoms with Crippen LogP contribution in [0, 0.1) is 0 Å². The molecule has 6 nitrogen and oxygen atoms in total. The van der Waals surface area contributed by atoms with E-state index in [0.717, 1.165) is 35.3 Å². The zero-order valence-corrected chi connectivity index (χ0v) is 15.7. The zero-order chi connectivity index (χ0) is 18.8. The summed E-state index contributed by atoms with van der Waals surface area (Å²) in [7, 11) is 1.60. The lowest BCUT2D eigenvalue weighted by atomic mass is 10.1. The molecule has 3 heterocycles. The van der Waals surface area contributed by atoms with Crippen LogP contribution in [-0.2, 0) is 19.5 Å². The van der Waals surface area contributed by atoms with E-state index in [1.165, 1.54) is 0 Å². The summed E-state index contributed by atoms with van der Waals surface area (Å²) in [4.78, 5) is 26.4. The van der Waals surface area contributed by atoms with E-state index >= 15 is 0 Å². The van der Waals surface area contributed by atoms with E-state index in [1.807, 2.05) is 30.3 Å². The molecule has 1 N–H and O–H groups in total. The molecule has 3 aromatic rings. The number of halogens is 1. The number of aromatic amines is 1. The number of hydrogen-bond donors (Lipinski definition) is 1. The lowest BCUT2D eigenvalue weighted by Crippen LogP contribution is -2.35. The molecular formula is C20H19ClN4O2. The number of rotatable bonds is 4. The van der Waals surface area contributed by atoms with Crippen molar-refractivity contribution < 1.29 is 4.74 Å². The lowest BCUT2D eigenvalue weighted by molar-refractivity contribution is 0.241. The Morgan fingerprint density at radius 1 is 1.26 bits per heavy atom. The highest BCUT2D eigenvalue weighted by atomic mass is 35.5. The van der Waals surface area contributed by atoms with Crippen LogP contribution in [-0.4, -0.2) is 33.5 Å². The van der Waals surface area contributed by atoms with Gasteiger partial charge in [-0.15, -0.1) is 0 Å².